The molecule has 0 aromatic carbocycles. The van der Waals surface area contributed by atoms with Crippen LogP contribution in [0.1, 0.15) is 32.1 Å². The third-order valence-corrected chi connectivity index (χ3v) is 5.11. The van der Waals surface area contributed by atoms with Crippen molar-refractivity contribution in [1.82, 2.24) is 14.9 Å². The Morgan fingerprint density at radius 2 is 2.07 bits per heavy atom. The molecule has 28 heavy (non-hydrogen) atoms. The number of hydrogen-bond donors (Lipinski definition) is 2. The van der Waals surface area contributed by atoms with E-state index >= 15 is 0 Å². The second-order valence-electron chi connectivity index (χ2n) is 7.45. The van der Waals surface area contributed by atoms with Crippen LogP contribution in [-0.4, -0.2) is 69.2 Å². The van der Waals surface area contributed by atoms with Crippen molar-refractivity contribution in [3.63, 3.8) is 0 Å². The number of aliphatic carboxylic acids is 1. The van der Waals surface area contributed by atoms with E-state index in [-0.39, 0.29) is 25.3 Å². The maximum absolute atomic E-state index is 12.3. The smallest absolute Gasteiger partial charge is 0.303 e. The number of amides is 1. The third kappa shape index (κ3) is 4.75. The minimum atomic E-state index is -1.03. The van der Waals surface area contributed by atoms with Gasteiger partial charge in [-0.1, -0.05) is 0 Å². The number of carboxylic acid groups (broad SMARTS) is 1. The molecule has 3 heterocycles. The van der Waals surface area contributed by atoms with Gasteiger partial charge in [0.25, 0.3) is 0 Å². The number of fused-ring (bicyclic) bond motifs is 1. The van der Waals surface area contributed by atoms with E-state index in [0.717, 1.165) is 29.7 Å². The highest BCUT2D eigenvalue weighted by atomic mass is 16.4. The molecule has 8 nitrogen and oxygen atoms in total. The summed E-state index contributed by atoms with van der Waals surface area (Å²) in [4.78, 5) is 35.3. The zero-order chi connectivity index (χ0) is 20.1. The minimum absolute atomic E-state index is 0.0280. The highest BCUT2D eigenvalue weighted by Crippen LogP contribution is 2.30. The normalized spacial score (nSPS) is 19.6. The van der Waals surface area contributed by atoms with Gasteiger partial charge in [0, 0.05) is 45.4 Å². The van der Waals surface area contributed by atoms with Crippen LogP contribution in [0.5, 0.6) is 0 Å². The Labute approximate surface area is 163 Å². The van der Waals surface area contributed by atoms with E-state index < -0.39 is 11.6 Å². The van der Waals surface area contributed by atoms with E-state index in [2.05, 4.69) is 14.9 Å². The Kier molecular flexibility index (Phi) is 6.08. The summed E-state index contributed by atoms with van der Waals surface area (Å²) in [6.45, 7) is 1.41. The van der Waals surface area contributed by atoms with Crippen LogP contribution in [-0.2, 0) is 9.59 Å². The van der Waals surface area contributed by atoms with Gasteiger partial charge in [0.05, 0.1) is 23.3 Å². The monoisotopic (exact) mass is 386 g/mol. The number of rotatable bonds is 7. The first-order valence-electron chi connectivity index (χ1n) is 9.51. The zero-order valence-electron chi connectivity index (χ0n) is 16.0. The lowest BCUT2D eigenvalue weighted by molar-refractivity contribution is -0.137. The summed E-state index contributed by atoms with van der Waals surface area (Å²) in [7, 11) is 1.66. The molecule has 2 aromatic rings. The summed E-state index contributed by atoms with van der Waals surface area (Å²) in [6.07, 6.45) is 5.32. The number of β-amino-alcohol motifs (C(OH)–C–C–N with tert-alkyl or cyclic N) is 1. The van der Waals surface area contributed by atoms with Crippen LogP contribution in [0, 0.1) is 0 Å². The van der Waals surface area contributed by atoms with Gasteiger partial charge in [-0.25, -0.2) is 0 Å². The fourth-order valence-electron chi connectivity index (χ4n) is 3.78. The molecule has 1 atom stereocenters. The molecule has 1 aliphatic heterocycles. The van der Waals surface area contributed by atoms with E-state index in [1.54, 1.807) is 19.4 Å². The van der Waals surface area contributed by atoms with Gasteiger partial charge in [0.15, 0.2) is 0 Å². The van der Waals surface area contributed by atoms with Crippen molar-refractivity contribution in [3.05, 3.63) is 30.6 Å². The standard InChI is InChI=1S/C20H26N4O4/c1-23(17(25)6-2-7-18(26)27)13-20(28)9-4-12-24(14-20)16-8-11-21-15-5-3-10-22-19(15)16/h3,5,8,10-11,28H,2,4,6-7,9,12-14H2,1H3,(H,26,27). The molecule has 2 N–H and O–H groups in total. The lowest BCUT2D eigenvalue weighted by atomic mass is 9.91. The van der Waals surface area contributed by atoms with Gasteiger partial charge in [-0.2, -0.15) is 0 Å². The van der Waals surface area contributed by atoms with Crippen molar-refractivity contribution in [3.8, 4) is 0 Å². The van der Waals surface area contributed by atoms with E-state index in [4.69, 9.17) is 5.11 Å². The quantitative estimate of drug-likeness (QED) is 0.745. The van der Waals surface area contributed by atoms with Crippen LogP contribution in [0.25, 0.3) is 11.0 Å². The van der Waals surface area contributed by atoms with Crippen LogP contribution < -0.4 is 4.90 Å². The summed E-state index contributed by atoms with van der Waals surface area (Å²) in [5.41, 5.74) is 1.51. The predicted octanol–water partition coefficient (Wildman–Crippen LogP) is 1.67. The Hall–Kier alpha value is -2.74. The fraction of sp³-hybridized carbons (Fsp3) is 0.500. The van der Waals surface area contributed by atoms with Gasteiger partial charge in [0.2, 0.25) is 5.91 Å². The molecule has 2 aromatic heterocycles. The van der Waals surface area contributed by atoms with Crippen LogP contribution in [0.15, 0.2) is 30.6 Å². The molecule has 0 saturated carbocycles. The maximum atomic E-state index is 12.3. The van der Waals surface area contributed by atoms with Gasteiger partial charge in [-0.15, -0.1) is 0 Å². The predicted molar refractivity (Wildman–Crippen MR) is 105 cm³/mol. The zero-order valence-corrected chi connectivity index (χ0v) is 16.0. The average Bonchev–Trinajstić information content (AvgIpc) is 2.66. The summed E-state index contributed by atoms with van der Waals surface area (Å²) in [5.74, 6) is -1.06. The number of carboxylic acids is 1. The molecular formula is C20H26N4O4. The SMILES string of the molecule is CN(CC1(O)CCCN(c2ccnc3cccnc23)C1)C(=O)CCCC(=O)O. The molecule has 1 unspecified atom stereocenters. The molecule has 150 valence electrons. The van der Waals surface area contributed by atoms with Gasteiger partial charge in [0.1, 0.15) is 5.52 Å². The van der Waals surface area contributed by atoms with Gasteiger partial charge >= 0.3 is 5.97 Å². The molecular weight excluding hydrogens is 360 g/mol. The van der Waals surface area contributed by atoms with Gasteiger partial charge < -0.3 is 20.0 Å². The maximum Gasteiger partial charge on any atom is 0.303 e. The number of hydrogen-bond acceptors (Lipinski definition) is 6. The average molecular weight is 386 g/mol. The number of likely N-dealkylation sites (N-methyl/N-ethyl adjacent to an activating group) is 1. The second-order valence-corrected chi connectivity index (χ2v) is 7.45. The number of anilines is 1. The summed E-state index contributed by atoms with van der Waals surface area (Å²) >= 11 is 0. The Bertz CT molecular complexity index is 854. The number of pyridine rings is 2. The van der Waals surface area contributed by atoms with Crippen molar-refractivity contribution in [2.45, 2.75) is 37.7 Å². The summed E-state index contributed by atoms with van der Waals surface area (Å²) < 4.78 is 0. The molecule has 0 aliphatic carbocycles. The summed E-state index contributed by atoms with van der Waals surface area (Å²) in [6, 6.07) is 5.66. The van der Waals surface area contributed by atoms with Crippen molar-refractivity contribution < 1.29 is 19.8 Å². The second kappa shape index (κ2) is 8.52. The van der Waals surface area contributed by atoms with Gasteiger partial charge in [-0.3, -0.25) is 19.6 Å². The first-order chi connectivity index (χ1) is 13.4. The highest BCUT2D eigenvalue weighted by Gasteiger charge is 2.36. The number of aliphatic hydroxyl groups is 1. The largest absolute Gasteiger partial charge is 0.481 e. The molecule has 8 heteroatoms. The first kappa shape index (κ1) is 20.0. The molecule has 0 spiro atoms. The lowest BCUT2D eigenvalue weighted by Gasteiger charge is -2.42. The highest BCUT2D eigenvalue weighted by molar-refractivity contribution is 5.87. The van der Waals surface area contributed by atoms with Crippen molar-refractivity contribution in [2.75, 3.05) is 31.6 Å². The Balaban J connectivity index is 1.67. The number of carbonyl (C=O) groups excluding carboxylic acids is 1. The molecule has 0 bridgehead atoms. The van der Waals surface area contributed by atoms with Crippen LogP contribution in [0.2, 0.25) is 0 Å². The number of piperidine rings is 1. The molecule has 1 aliphatic rings. The molecule has 1 saturated heterocycles. The van der Waals surface area contributed by atoms with Crippen molar-refractivity contribution >= 4 is 28.6 Å². The Morgan fingerprint density at radius 1 is 1.25 bits per heavy atom. The topological polar surface area (TPSA) is 107 Å². The van der Waals surface area contributed by atoms with E-state index in [1.165, 1.54) is 4.90 Å². The summed E-state index contributed by atoms with van der Waals surface area (Å²) in [5, 5.41) is 19.8. The van der Waals surface area contributed by atoms with E-state index in [0.29, 0.717) is 19.4 Å². The molecule has 1 amide bonds. The third-order valence-electron chi connectivity index (χ3n) is 5.11. The van der Waals surface area contributed by atoms with Crippen molar-refractivity contribution in [2.24, 2.45) is 0 Å². The molecule has 3 rings (SSSR count). The number of nitrogens with zero attached hydrogens (tertiary/aromatic N) is 4. The number of carbonyl (C=O) groups is 2. The van der Waals surface area contributed by atoms with E-state index in [1.807, 2.05) is 18.2 Å². The van der Waals surface area contributed by atoms with Crippen LogP contribution in [0.3, 0.4) is 0 Å². The number of aromatic nitrogens is 2. The molecule has 1 fully saturated rings. The van der Waals surface area contributed by atoms with Crippen molar-refractivity contribution in [1.29, 1.82) is 0 Å². The van der Waals surface area contributed by atoms with Crippen LogP contribution in [0.4, 0.5) is 5.69 Å². The van der Waals surface area contributed by atoms with Crippen LogP contribution >= 0.6 is 0 Å². The minimum Gasteiger partial charge on any atom is -0.481 e. The van der Waals surface area contributed by atoms with E-state index in [9.17, 15) is 14.7 Å². The first-order valence-corrected chi connectivity index (χ1v) is 9.51. The lowest BCUT2D eigenvalue weighted by Crippen LogP contribution is -2.54. The Morgan fingerprint density at radius 3 is 2.86 bits per heavy atom. The van der Waals surface area contributed by atoms with Gasteiger partial charge in [-0.05, 0) is 37.5 Å². The fourth-order valence-corrected chi connectivity index (χ4v) is 3.78. The molecule has 0 radical (unpaired) electrons.